The summed E-state index contributed by atoms with van der Waals surface area (Å²) in [5.74, 6) is -2.13. The summed E-state index contributed by atoms with van der Waals surface area (Å²) in [4.78, 5) is 34.8. The summed E-state index contributed by atoms with van der Waals surface area (Å²) in [5, 5.41) is 11.4. The van der Waals surface area contributed by atoms with Crippen LogP contribution in [0.2, 0.25) is 0 Å². The summed E-state index contributed by atoms with van der Waals surface area (Å²) in [5.41, 5.74) is 0. The summed E-state index contributed by atoms with van der Waals surface area (Å²) in [7, 11) is 0. The highest BCUT2D eigenvalue weighted by Crippen LogP contribution is 2.12. The average molecular weight is 400 g/mol. The zero-order valence-corrected chi connectivity index (χ0v) is 18.1. The molecule has 0 bridgehead atoms. The highest BCUT2D eigenvalue weighted by molar-refractivity contribution is 5.87. The van der Waals surface area contributed by atoms with Crippen LogP contribution < -0.4 is 5.32 Å². The van der Waals surface area contributed by atoms with Crippen LogP contribution in [0.1, 0.15) is 111 Å². The number of hydrogen-bond donors (Lipinski definition) is 2. The predicted molar refractivity (Wildman–Crippen MR) is 111 cm³/mol. The van der Waals surface area contributed by atoms with E-state index in [1.54, 1.807) is 13.8 Å². The van der Waals surface area contributed by atoms with Crippen molar-refractivity contribution >= 4 is 17.8 Å². The fourth-order valence-corrected chi connectivity index (χ4v) is 3.08. The third-order valence-corrected chi connectivity index (χ3v) is 4.61. The van der Waals surface area contributed by atoms with Crippen molar-refractivity contribution in [1.29, 1.82) is 0 Å². The molecule has 0 fully saturated rings. The van der Waals surface area contributed by atoms with Gasteiger partial charge < -0.3 is 15.2 Å². The average Bonchev–Trinajstić information content (AvgIpc) is 2.61. The Morgan fingerprint density at radius 2 is 1.29 bits per heavy atom. The summed E-state index contributed by atoms with van der Waals surface area (Å²) in [6.45, 7) is 5.60. The van der Waals surface area contributed by atoms with Crippen molar-refractivity contribution < 1.29 is 24.2 Å². The molecule has 1 unspecified atom stereocenters. The molecule has 6 heteroatoms. The minimum absolute atomic E-state index is 0.293. The lowest BCUT2D eigenvalue weighted by molar-refractivity contribution is -0.154. The van der Waals surface area contributed by atoms with Crippen LogP contribution >= 0.6 is 0 Å². The van der Waals surface area contributed by atoms with Crippen molar-refractivity contribution in [2.75, 3.05) is 0 Å². The highest BCUT2D eigenvalue weighted by atomic mass is 16.5. The molecule has 0 saturated heterocycles. The number of carboxylic acid groups (broad SMARTS) is 1. The van der Waals surface area contributed by atoms with Crippen LogP contribution in [0.4, 0.5) is 0 Å². The Bertz CT molecular complexity index is 437. The predicted octanol–water partition coefficient (Wildman–Crippen LogP) is 4.99. The first kappa shape index (κ1) is 26.4. The van der Waals surface area contributed by atoms with Gasteiger partial charge in [0.2, 0.25) is 5.91 Å². The van der Waals surface area contributed by atoms with E-state index in [4.69, 9.17) is 9.84 Å². The molecule has 1 atom stereocenters. The molecule has 164 valence electrons. The maximum atomic E-state index is 12.0. The lowest BCUT2D eigenvalue weighted by Gasteiger charge is -2.17. The zero-order valence-electron chi connectivity index (χ0n) is 18.1. The smallest absolute Gasteiger partial charge is 0.329 e. The van der Waals surface area contributed by atoms with E-state index >= 15 is 0 Å². The first-order valence-electron chi connectivity index (χ1n) is 11.1. The molecule has 2 N–H and O–H groups in total. The van der Waals surface area contributed by atoms with Crippen LogP contribution in [-0.2, 0) is 19.1 Å². The zero-order chi connectivity index (χ0) is 21.2. The van der Waals surface area contributed by atoms with Crippen molar-refractivity contribution in [1.82, 2.24) is 5.32 Å². The van der Waals surface area contributed by atoms with E-state index in [0.717, 1.165) is 19.3 Å². The number of amides is 1. The van der Waals surface area contributed by atoms with Crippen LogP contribution in [0.3, 0.4) is 0 Å². The minimum Gasteiger partial charge on any atom is -0.481 e. The van der Waals surface area contributed by atoms with Crippen molar-refractivity contribution in [3.8, 4) is 0 Å². The number of hydrogen-bond acceptors (Lipinski definition) is 4. The quantitative estimate of drug-likeness (QED) is 0.250. The summed E-state index contributed by atoms with van der Waals surface area (Å²) < 4.78 is 5.01. The maximum Gasteiger partial charge on any atom is 0.329 e. The minimum atomic E-state index is -1.14. The Hall–Kier alpha value is -1.59. The first-order chi connectivity index (χ1) is 13.4. The molecule has 1 amide bonds. The molecular formula is C22H41NO5. The number of esters is 1. The molecule has 0 heterocycles. The van der Waals surface area contributed by atoms with Gasteiger partial charge in [-0.05, 0) is 20.3 Å². The summed E-state index contributed by atoms with van der Waals surface area (Å²) in [6.07, 6.45) is 14.1. The Morgan fingerprint density at radius 3 is 1.71 bits per heavy atom. The van der Waals surface area contributed by atoms with Gasteiger partial charge in [-0.3, -0.25) is 9.59 Å². The van der Waals surface area contributed by atoms with Crippen molar-refractivity contribution in [2.45, 2.75) is 123 Å². The van der Waals surface area contributed by atoms with E-state index in [2.05, 4.69) is 12.2 Å². The van der Waals surface area contributed by atoms with Crippen molar-refractivity contribution in [3.63, 3.8) is 0 Å². The van der Waals surface area contributed by atoms with Gasteiger partial charge in [-0.1, -0.05) is 77.6 Å². The van der Waals surface area contributed by atoms with Crippen LogP contribution in [-0.4, -0.2) is 35.1 Å². The fourth-order valence-electron chi connectivity index (χ4n) is 3.08. The topological polar surface area (TPSA) is 92.7 Å². The van der Waals surface area contributed by atoms with Crippen molar-refractivity contribution in [3.05, 3.63) is 0 Å². The third kappa shape index (κ3) is 16.6. The number of nitrogens with one attached hydrogen (secondary N) is 1. The van der Waals surface area contributed by atoms with E-state index < -0.39 is 24.4 Å². The molecule has 0 aromatic heterocycles. The highest BCUT2D eigenvalue weighted by Gasteiger charge is 2.25. The van der Waals surface area contributed by atoms with Crippen LogP contribution in [0.15, 0.2) is 0 Å². The van der Waals surface area contributed by atoms with Gasteiger partial charge in [0.15, 0.2) is 0 Å². The van der Waals surface area contributed by atoms with E-state index in [1.807, 2.05) is 0 Å². The number of carboxylic acids is 1. The fraction of sp³-hybridized carbons (Fsp3) is 0.864. The lowest BCUT2D eigenvalue weighted by Crippen LogP contribution is -2.43. The Morgan fingerprint density at radius 1 is 0.821 bits per heavy atom. The SMILES string of the molecule is CCCCCCCCCCCCCCC(=O)NC(CC(=O)O)C(=O)OC(C)C. The molecule has 0 rings (SSSR count). The molecule has 0 aromatic carbocycles. The molecular weight excluding hydrogens is 358 g/mol. The number of carbonyl (C=O) groups is 3. The molecule has 0 spiro atoms. The third-order valence-electron chi connectivity index (χ3n) is 4.61. The monoisotopic (exact) mass is 399 g/mol. The number of aliphatic carboxylic acids is 1. The van der Waals surface area contributed by atoms with Gasteiger partial charge in [-0.2, -0.15) is 0 Å². The number of unbranched alkanes of at least 4 members (excludes halogenated alkanes) is 11. The van der Waals surface area contributed by atoms with Gasteiger partial charge in [0.05, 0.1) is 12.5 Å². The van der Waals surface area contributed by atoms with Crippen LogP contribution in [0.25, 0.3) is 0 Å². The largest absolute Gasteiger partial charge is 0.481 e. The molecule has 28 heavy (non-hydrogen) atoms. The lowest BCUT2D eigenvalue weighted by atomic mass is 10.0. The summed E-state index contributed by atoms with van der Waals surface area (Å²) in [6, 6.07) is -1.12. The Labute approximate surface area is 170 Å². The van der Waals surface area contributed by atoms with Gasteiger partial charge in [-0.25, -0.2) is 4.79 Å². The molecule has 0 aliphatic rings. The van der Waals surface area contributed by atoms with Gasteiger partial charge in [0.1, 0.15) is 6.04 Å². The maximum absolute atomic E-state index is 12.0. The van der Waals surface area contributed by atoms with Gasteiger partial charge in [-0.15, -0.1) is 0 Å². The number of carbonyl (C=O) groups excluding carboxylic acids is 2. The van der Waals surface area contributed by atoms with E-state index in [9.17, 15) is 14.4 Å². The van der Waals surface area contributed by atoms with Gasteiger partial charge >= 0.3 is 11.9 Å². The van der Waals surface area contributed by atoms with E-state index in [0.29, 0.717) is 6.42 Å². The van der Waals surface area contributed by atoms with E-state index in [1.165, 1.54) is 57.8 Å². The van der Waals surface area contributed by atoms with Crippen molar-refractivity contribution in [2.24, 2.45) is 0 Å². The second kappa shape index (κ2) is 17.5. The normalized spacial score (nSPS) is 12.0. The molecule has 0 aliphatic heterocycles. The van der Waals surface area contributed by atoms with Crippen LogP contribution in [0, 0.1) is 0 Å². The number of ether oxygens (including phenoxy) is 1. The second-order valence-corrected chi connectivity index (χ2v) is 7.84. The summed E-state index contributed by atoms with van der Waals surface area (Å²) >= 11 is 0. The van der Waals surface area contributed by atoms with E-state index in [-0.39, 0.29) is 12.0 Å². The molecule has 0 radical (unpaired) electrons. The second-order valence-electron chi connectivity index (χ2n) is 7.84. The standard InChI is InChI=1S/C22H41NO5/c1-4-5-6-7-8-9-10-11-12-13-14-15-16-20(24)23-19(17-21(25)26)22(27)28-18(2)3/h18-19H,4-17H2,1-3H3,(H,23,24)(H,25,26). The first-order valence-corrected chi connectivity index (χ1v) is 11.1. The molecule has 6 nitrogen and oxygen atoms in total. The van der Waals surface area contributed by atoms with Crippen LogP contribution in [0.5, 0.6) is 0 Å². The Balaban J connectivity index is 3.78. The van der Waals surface area contributed by atoms with Gasteiger partial charge in [0.25, 0.3) is 0 Å². The Kier molecular flexibility index (Phi) is 16.5. The molecule has 0 aromatic rings. The molecule has 0 aliphatic carbocycles. The molecule has 0 saturated carbocycles. The van der Waals surface area contributed by atoms with Gasteiger partial charge in [0, 0.05) is 6.42 Å². The number of rotatable bonds is 18.